The highest BCUT2D eigenvalue weighted by Crippen LogP contribution is 2.54. The smallest absolute Gasteiger partial charge is 0.160 e. The molecule has 2 heterocycles. The molecule has 0 spiro atoms. The van der Waals surface area contributed by atoms with Crippen LogP contribution in [0, 0.1) is 0 Å². The van der Waals surface area contributed by atoms with E-state index >= 15 is 0 Å². The third kappa shape index (κ3) is 5.73. The predicted molar refractivity (Wildman–Crippen MR) is 228 cm³/mol. The van der Waals surface area contributed by atoms with E-state index in [2.05, 4.69) is 159 Å². The summed E-state index contributed by atoms with van der Waals surface area (Å²) in [6, 6.07) is 64.6. The van der Waals surface area contributed by atoms with Crippen LogP contribution in [0.2, 0.25) is 0 Å². The molecule has 9 aromatic rings. The van der Waals surface area contributed by atoms with Gasteiger partial charge in [-0.05, 0) is 85.6 Å². The van der Waals surface area contributed by atoms with Gasteiger partial charge in [0.15, 0.2) is 5.82 Å². The Labute approximate surface area is 321 Å². The molecule has 0 saturated heterocycles. The van der Waals surface area contributed by atoms with Crippen molar-refractivity contribution in [2.45, 2.75) is 19.3 Å². The molecule has 55 heavy (non-hydrogen) atoms. The largest absolute Gasteiger partial charge is 0.256 e. The van der Waals surface area contributed by atoms with Crippen molar-refractivity contribution in [2.75, 3.05) is 0 Å². The summed E-state index contributed by atoms with van der Waals surface area (Å²) in [6.07, 6.45) is 1.91. The van der Waals surface area contributed by atoms with Crippen LogP contribution in [-0.4, -0.2) is 15.0 Å². The molecule has 1 aliphatic carbocycles. The van der Waals surface area contributed by atoms with Gasteiger partial charge in [-0.3, -0.25) is 4.98 Å². The first-order valence-electron chi connectivity index (χ1n) is 18.8. The van der Waals surface area contributed by atoms with Crippen LogP contribution in [0.15, 0.2) is 188 Å². The molecule has 0 atom stereocenters. The third-order valence-electron chi connectivity index (χ3n) is 11.1. The Morgan fingerprint density at radius 1 is 0.382 bits per heavy atom. The highest BCUT2D eigenvalue weighted by atomic mass is 14.9. The summed E-state index contributed by atoms with van der Waals surface area (Å²) in [5.41, 5.74) is 16.8. The molecular formula is C52H37N3. The number of hydrogen-bond acceptors (Lipinski definition) is 3. The summed E-state index contributed by atoms with van der Waals surface area (Å²) >= 11 is 0. The van der Waals surface area contributed by atoms with E-state index in [9.17, 15) is 0 Å². The van der Waals surface area contributed by atoms with Crippen LogP contribution >= 0.6 is 0 Å². The van der Waals surface area contributed by atoms with Crippen LogP contribution in [-0.2, 0) is 5.41 Å². The SMILES string of the molecule is CC1(C)c2cccc(-c3cccc(-c4cccc(-c5cc(-c6ccc(-c7ccccc7)nc6)nc(-c6ccccc6)n5)c4)c3)c2-c2c1ccc1ccccc21. The van der Waals surface area contributed by atoms with Gasteiger partial charge in [0.25, 0.3) is 0 Å². The normalized spacial score (nSPS) is 12.7. The molecule has 1 aliphatic rings. The van der Waals surface area contributed by atoms with E-state index in [-0.39, 0.29) is 5.41 Å². The quantitative estimate of drug-likeness (QED) is 0.173. The van der Waals surface area contributed by atoms with Crippen LogP contribution in [0.1, 0.15) is 25.0 Å². The number of nitrogens with zero attached hydrogens (tertiary/aromatic N) is 3. The maximum atomic E-state index is 5.13. The lowest BCUT2D eigenvalue weighted by Crippen LogP contribution is -2.14. The number of rotatable bonds is 6. The molecule has 0 aliphatic heterocycles. The van der Waals surface area contributed by atoms with Gasteiger partial charge in [-0.2, -0.15) is 0 Å². The Bertz CT molecular complexity index is 2870. The Balaban J connectivity index is 1.06. The fourth-order valence-corrected chi connectivity index (χ4v) is 8.30. The van der Waals surface area contributed by atoms with Gasteiger partial charge in [-0.1, -0.05) is 166 Å². The number of aromatic nitrogens is 3. The number of benzene rings is 7. The lowest BCUT2D eigenvalue weighted by molar-refractivity contribution is 0.661. The lowest BCUT2D eigenvalue weighted by atomic mass is 9.81. The molecule has 0 saturated carbocycles. The molecule has 0 amide bonds. The Morgan fingerprint density at radius 3 is 1.73 bits per heavy atom. The maximum Gasteiger partial charge on any atom is 0.160 e. The maximum absolute atomic E-state index is 5.13. The van der Waals surface area contributed by atoms with Gasteiger partial charge in [0, 0.05) is 33.9 Å². The molecule has 260 valence electrons. The first-order chi connectivity index (χ1) is 27.0. The van der Waals surface area contributed by atoms with Gasteiger partial charge in [0.1, 0.15) is 0 Å². The molecule has 10 rings (SSSR count). The van der Waals surface area contributed by atoms with Gasteiger partial charge in [0.2, 0.25) is 0 Å². The molecule has 7 aromatic carbocycles. The fourth-order valence-electron chi connectivity index (χ4n) is 8.30. The second kappa shape index (κ2) is 13.2. The zero-order valence-electron chi connectivity index (χ0n) is 30.7. The lowest BCUT2D eigenvalue weighted by Gasteiger charge is -2.21. The molecule has 2 aromatic heterocycles. The van der Waals surface area contributed by atoms with Crippen molar-refractivity contribution in [3.63, 3.8) is 0 Å². The van der Waals surface area contributed by atoms with Crippen LogP contribution in [0.3, 0.4) is 0 Å². The van der Waals surface area contributed by atoms with E-state index in [1.807, 2.05) is 42.6 Å². The number of hydrogen-bond donors (Lipinski definition) is 0. The van der Waals surface area contributed by atoms with Crippen LogP contribution in [0.4, 0.5) is 0 Å². The summed E-state index contributed by atoms with van der Waals surface area (Å²) in [7, 11) is 0. The second-order valence-electron chi connectivity index (χ2n) is 14.9. The van der Waals surface area contributed by atoms with Gasteiger partial charge in [0.05, 0.1) is 17.1 Å². The minimum Gasteiger partial charge on any atom is -0.256 e. The van der Waals surface area contributed by atoms with E-state index in [0.29, 0.717) is 5.82 Å². The monoisotopic (exact) mass is 703 g/mol. The van der Waals surface area contributed by atoms with E-state index in [4.69, 9.17) is 15.0 Å². The predicted octanol–water partition coefficient (Wildman–Crippen LogP) is 13.3. The third-order valence-corrected chi connectivity index (χ3v) is 11.1. The zero-order valence-corrected chi connectivity index (χ0v) is 30.7. The summed E-state index contributed by atoms with van der Waals surface area (Å²) in [5.74, 6) is 0.682. The van der Waals surface area contributed by atoms with Crippen molar-refractivity contribution >= 4 is 10.8 Å². The summed E-state index contributed by atoms with van der Waals surface area (Å²) in [6.45, 7) is 4.71. The molecular weight excluding hydrogens is 667 g/mol. The molecule has 0 fully saturated rings. The van der Waals surface area contributed by atoms with Gasteiger partial charge in [-0.25, -0.2) is 9.97 Å². The number of fused-ring (bicyclic) bond motifs is 5. The average Bonchev–Trinajstić information content (AvgIpc) is 3.50. The minimum absolute atomic E-state index is 0.0916. The molecule has 0 N–H and O–H groups in total. The summed E-state index contributed by atoms with van der Waals surface area (Å²) < 4.78 is 0. The number of pyridine rings is 1. The van der Waals surface area contributed by atoms with Crippen molar-refractivity contribution in [3.8, 4) is 78.5 Å². The van der Waals surface area contributed by atoms with Crippen molar-refractivity contribution in [2.24, 2.45) is 0 Å². The van der Waals surface area contributed by atoms with Crippen LogP contribution in [0.5, 0.6) is 0 Å². The molecule has 0 radical (unpaired) electrons. The summed E-state index contributed by atoms with van der Waals surface area (Å²) in [4.78, 5) is 15.0. The zero-order chi connectivity index (χ0) is 36.9. The highest BCUT2D eigenvalue weighted by Gasteiger charge is 2.37. The van der Waals surface area contributed by atoms with Gasteiger partial charge in [-0.15, -0.1) is 0 Å². The molecule has 3 nitrogen and oxygen atoms in total. The second-order valence-corrected chi connectivity index (χ2v) is 14.9. The Hall–Kier alpha value is -6.97. The topological polar surface area (TPSA) is 38.7 Å². The van der Waals surface area contributed by atoms with E-state index in [0.717, 1.165) is 50.5 Å². The summed E-state index contributed by atoms with van der Waals surface area (Å²) in [5, 5.41) is 2.58. The molecule has 0 bridgehead atoms. The van der Waals surface area contributed by atoms with Crippen LogP contribution < -0.4 is 0 Å². The highest BCUT2D eigenvalue weighted by molar-refractivity contribution is 6.06. The first kappa shape index (κ1) is 32.7. The van der Waals surface area contributed by atoms with Crippen LogP contribution in [0.25, 0.3) is 89.3 Å². The molecule has 3 heteroatoms. The Kier molecular flexibility index (Phi) is 7.81. The van der Waals surface area contributed by atoms with Crippen molar-refractivity contribution in [1.29, 1.82) is 0 Å². The van der Waals surface area contributed by atoms with Crippen molar-refractivity contribution in [3.05, 3.63) is 199 Å². The van der Waals surface area contributed by atoms with Crippen molar-refractivity contribution in [1.82, 2.24) is 15.0 Å². The van der Waals surface area contributed by atoms with Crippen molar-refractivity contribution < 1.29 is 0 Å². The Morgan fingerprint density at radius 2 is 0.982 bits per heavy atom. The van der Waals surface area contributed by atoms with Gasteiger partial charge >= 0.3 is 0 Å². The van der Waals surface area contributed by atoms with Gasteiger partial charge < -0.3 is 0 Å². The first-order valence-corrected chi connectivity index (χ1v) is 18.8. The van der Waals surface area contributed by atoms with E-state index < -0.39 is 0 Å². The van der Waals surface area contributed by atoms with E-state index in [1.54, 1.807) is 0 Å². The van der Waals surface area contributed by atoms with E-state index in [1.165, 1.54) is 44.2 Å². The average molecular weight is 704 g/mol. The standard InChI is InChI=1S/C52H37N3/c1-52(2)44-25-13-24-43(50(44)49-42-23-10-9-14-34(42)26-28-45(49)52)39-21-11-19-37(30-39)38-20-12-22-40(31-38)47-32-48(55-51(54-47)36-17-7-4-8-18-36)41-27-29-46(53-33-41)35-15-5-3-6-16-35/h3-33H,1-2H3. The fraction of sp³-hybridized carbons (Fsp3) is 0.0577. The minimum atomic E-state index is -0.0916. The molecule has 0 unspecified atom stereocenters.